The molecule has 3 heterocycles. The Bertz CT molecular complexity index is 1160. The number of ether oxygens (including phenoxy) is 1. The number of amides is 1. The number of methoxy groups -OCH3 is 1. The number of aromatic nitrogens is 2. The highest BCUT2D eigenvalue weighted by Crippen LogP contribution is 2.29. The lowest BCUT2D eigenvalue weighted by Crippen LogP contribution is -2.33. The molecule has 0 atom stereocenters. The van der Waals surface area contributed by atoms with E-state index in [-0.39, 0.29) is 12.3 Å². The van der Waals surface area contributed by atoms with Crippen molar-refractivity contribution in [3.05, 3.63) is 65.8 Å². The number of anilines is 1. The van der Waals surface area contributed by atoms with Crippen LogP contribution in [0.1, 0.15) is 12.2 Å². The average Bonchev–Trinajstić information content (AvgIpc) is 3.51. The molecule has 1 N–H and O–H groups in total. The highest BCUT2D eigenvalue weighted by atomic mass is 35.5. The lowest BCUT2D eigenvalue weighted by atomic mass is 10.2. The maximum Gasteiger partial charge on any atom is 0.222 e. The van der Waals surface area contributed by atoms with Crippen molar-refractivity contribution in [2.45, 2.75) is 13.0 Å². The third kappa shape index (κ3) is 5.27. The summed E-state index contributed by atoms with van der Waals surface area (Å²) in [5.41, 5.74) is 0.693. The second-order valence-electron chi connectivity index (χ2n) is 7.10. The third-order valence-electron chi connectivity index (χ3n) is 4.89. The van der Waals surface area contributed by atoms with Crippen LogP contribution in [0.25, 0.3) is 22.5 Å². The zero-order valence-corrected chi connectivity index (χ0v) is 18.3. The quantitative estimate of drug-likeness (QED) is 0.382. The van der Waals surface area contributed by atoms with Gasteiger partial charge >= 0.3 is 0 Å². The first kappa shape index (κ1) is 21.9. The molecule has 0 radical (unpaired) electrons. The lowest BCUT2D eigenvalue weighted by Gasteiger charge is -2.25. The van der Waals surface area contributed by atoms with Gasteiger partial charge in [0.1, 0.15) is 11.6 Å². The number of hydrogen-bond donors (Lipinski definition) is 1. The van der Waals surface area contributed by atoms with Crippen molar-refractivity contribution in [3.8, 4) is 11.6 Å². The number of hydrogen-bond acceptors (Lipinski definition) is 7. The Morgan fingerprint density at radius 2 is 1.97 bits per heavy atom. The van der Waals surface area contributed by atoms with Gasteiger partial charge in [-0.15, -0.1) is 0 Å². The van der Waals surface area contributed by atoms with Crippen molar-refractivity contribution in [2.75, 3.05) is 31.7 Å². The molecule has 4 rings (SSSR count). The van der Waals surface area contributed by atoms with E-state index >= 15 is 0 Å². The Balaban J connectivity index is 1.60. The first-order chi connectivity index (χ1) is 15.6. The number of nitrogens with one attached hydrogen (secondary N) is 1. The van der Waals surface area contributed by atoms with E-state index in [2.05, 4.69) is 10.3 Å². The number of rotatable bonds is 10. The second-order valence-corrected chi connectivity index (χ2v) is 7.53. The molecule has 1 aromatic carbocycles. The van der Waals surface area contributed by atoms with Crippen LogP contribution in [0, 0.1) is 0 Å². The first-order valence-corrected chi connectivity index (χ1v) is 10.6. The third-order valence-corrected chi connectivity index (χ3v) is 5.13. The van der Waals surface area contributed by atoms with E-state index in [4.69, 9.17) is 30.2 Å². The van der Waals surface area contributed by atoms with Crippen LogP contribution in [0.3, 0.4) is 0 Å². The van der Waals surface area contributed by atoms with Crippen LogP contribution in [-0.2, 0) is 16.1 Å². The van der Waals surface area contributed by atoms with E-state index in [1.165, 1.54) is 0 Å². The minimum Gasteiger partial charge on any atom is -0.467 e. The van der Waals surface area contributed by atoms with Crippen molar-refractivity contribution >= 4 is 34.2 Å². The zero-order valence-electron chi connectivity index (χ0n) is 17.6. The van der Waals surface area contributed by atoms with E-state index in [1.807, 2.05) is 17.0 Å². The number of fused-ring (bicyclic) bond motifs is 1. The topological polar surface area (TPSA) is 93.6 Å². The molecular formula is C23H23ClN4O4. The van der Waals surface area contributed by atoms with Crippen molar-refractivity contribution in [1.82, 2.24) is 15.3 Å². The Morgan fingerprint density at radius 1 is 1.12 bits per heavy atom. The van der Waals surface area contributed by atoms with Gasteiger partial charge in [0, 0.05) is 37.0 Å². The van der Waals surface area contributed by atoms with Crippen molar-refractivity contribution in [3.63, 3.8) is 0 Å². The molecule has 8 nitrogen and oxygen atoms in total. The summed E-state index contributed by atoms with van der Waals surface area (Å²) in [4.78, 5) is 23.8. The predicted molar refractivity (Wildman–Crippen MR) is 122 cm³/mol. The summed E-state index contributed by atoms with van der Waals surface area (Å²) in [6.07, 6.45) is 3.43. The fourth-order valence-corrected chi connectivity index (χ4v) is 3.46. The largest absolute Gasteiger partial charge is 0.467 e. The van der Waals surface area contributed by atoms with Gasteiger partial charge < -0.3 is 23.8 Å². The smallest absolute Gasteiger partial charge is 0.222 e. The summed E-state index contributed by atoms with van der Waals surface area (Å²) in [6, 6.07) is 12.7. The van der Waals surface area contributed by atoms with Crippen LogP contribution < -0.4 is 10.2 Å². The second kappa shape index (κ2) is 10.3. The van der Waals surface area contributed by atoms with Crippen molar-refractivity contribution in [1.29, 1.82) is 0 Å². The van der Waals surface area contributed by atoms with E-state index in [0.717, 1.165) is 5.39 Å². The van der Waals surface area contributed by atoms with E-state index in [1.54, 1.807) is 50.0 Å². The summed E-state index contributed by atoms with van der Waals surface area (Å²) in [5.74, 6) is 2.31. The van der Waals surface area contributed by atoms with Gasteiger partial charge in [-0.05, 0) is 42.5 Å². The van der Waals surface area contributed by atoms with E-state index < -0.39 is 0 Å². The molecule has 0 aliphatic heterocycles. The van der Waals surface area contributed by atoms with Gasteiger partial charge in [-0.3, -0.25) is 4.79 Å². The number of halogens is 1. The maximum atomic E-state index is 12.4. The normalized spacial score (nSPS) is 11.1. The van der Waals surface area contributed by atoms with Gasteiger partial charge in [-0.25, -0.2) is 9.97 Å². The maximum absolute atomic E-state index is 12.4. The molecule has 0 bridgehead atoms. The molecule has 0 saturated heterocycles. The molecule has 0 saturated carbocycles. The number of carbonyl (C=O) groups excluding carboxylic acids is 1. The van der Waals surface area contributed by atoms with Crippen LogP contribution in [0.15, 0.2) is 63.8 Å². The summed E-state index contributed by atoms with van der Waals surface area (Å²) in [6.45, 7) is 1.82. The van der Waals surface area contributed by atoms with Crippen LogP contribution in [0.2, 0.25) is 5.02 Å². The first-order valence-electron chi connectivity index (χ1n) is 10.2. The number of carbonyl (C=O) groups is 1. The van der Waals surface area contributed by atoms with Gasteiger partial charge in [0.2, 0.25) is 5.91 Å². The fourth-order valence-electron chi connectivity index (χ4n) is 3.29. The summed E-state index contributed by atoms with van der Waals surface area (Å²) in [5, 5.41) is 4.28. The summed E-state index contributed by atoms with van der Waals surface area (Å²) >= 11 is 6.21. The van der Waals surface area contributed by atoms with Gasteiger partial charge in [0.15, 0.2) is 11.6 Å². The fraction of sp³-hybridized carbons (Fsp3) is 0.261. The molecule has 4 aromatic rings. The lowest BCUT2D eigenvalue weighted by molar-refractivity contribution is -0.121. The monoisotopic (exact) mass is 454 g/mol. The minimum atomic E-state index is -0.0866. The molecule has 9 heteroatoms. The number of benzene rings is 1. The predicted octanol–water partition coefficient (Wildman–Crippen LogP) is 4.30. The van der Waals surface area contributed by atoms with Crippen LogP contribution in [0.5, 0.6) is 0 Å². The Hall–Kier alpha value is -3.36. The SMILES string of the molecule is COCCN(CCC(=O)NCc1ccco1)c1nc(-c2ccco2)nc2cc(Cl)ccc12. The molecule has 32 heavy (non-hydrogen) atoms. The zero-order chi connectivity index (χ0) is 22.3. The van der Waals surface area contributed by atoms with Gasteiger partial charge in [0.05, 0.1) is 31.2 Å². The Kier molecular flexibility index (Phi) is 7.03. The van der Waals surface area contributed by atoms with Crippen LogP contribution in [0.4, 0.5) is 5.82 Å². The van der Waals surface area contributed by atoms with Gasteiger partial charge in [-0.2, -0.15) is 0 Å². The molecule has 1 amide bonds. The van der Waals surface area contributed by atoms with Crippen molar-refractivity contribution < 1.29 is 18.4 Å². The molecular weight excluding hydrogens is 432 g/mol. The highest BCUT2D eigenvalue weighted by Gasteiger charge is 2.18. The highest BCUT2D eigenvalue weighted by molar-refractivity contribution is 6.31. The average molecular weight is 455 g/mol. The summed E-state index contributed by atoms with van der Waals surface area (Å²) in [7, 11) is 1.64. The standard InChI is InChI=1S/C23H23ClN4O4/c1-30-13-10-28(9-8-21(29)25-15-17-4-2-11-31-17)23-18-7-6-16(24)14-19(18)26-22(27-23)20-5-3-12-32-20/h2-7,11-12,14H,8-10,13,15H2,1H3,(H,25,29). The Morgan fingerprint density at radius 3 is 2.72 bits per heavy atom. The molecule has 3 aromatic heterocycles. The van der Waals surface area contributed by atoms with Crippen LogP contribution >= 0.6 is 11.6 Å². The number of nitrogens with zero attached hydrogens (tertiary/aromatic N) is 3. The molecule has 0 unspecified atom stereocenters. The van der Waals surface area contributed by atoms with Crippen LogP contribution in [-0.4, -0.2) is 42.7 Å². The van der Waals surface area contributed by atoms with E-state index in [0.29, 0.717) is 59.9 Å². The molecule has 0 aliphatic carbocycles. The molecule has 166 valence electrons. The van der Waals surface area contributed by atoms with Gasteiger partial charge in [-0.1, -0.05) is 11.6 Å². The van der Waals surface area contributed by atoms with Crippen molar-refractivity contribution in [2.24, 2.45) is 0 Å². The summed E-state index contributed by atoms with van der Waals surface area (Å²) < 4.78 is 16.1. The Labute approximate surface area is 190 Å². The van der Waals surface area contributed by atoms with Gasteiger partial charge in [0.25, 0.3) is 0 Å². The molecule has 0 fully saturated rings. The van der Waals surface area contributed by atoms with E-state index in [9.17, 15) is 4.79 Å². The number of furan rings is 2. The molecule has 0 spiro atoms. The minimum absolute atomic E-state index is 0.0866. The molecule has 0 aliphatic rings.